The summed E-state index contributed by atoms with van der Waals surface area (Å²) in [6.45, 7) is 9.11. The Morgan fingerprint density at radius 1 is 1.07 bits per heavy atom. The van der Waals surface area contributed by atoms with Gasteiger partial charge >= 0.3 is 0 Å². The summed E-state index contributed by atoms with van der Waals surface area (Å²) < 4.78 is 2.19. The van der Waals surface area contributed by atoms with Crippen molar-refractivity contribution in [2.75, 3.05) is 5.32 Å². The molecule has 5 heteroatoms. The van der Waals surface area contributed by atoms with Crippen LogP contribution >= 0.6 is 0 Å². The fraction of sp³-hybridized carbons (Fsp3) is 0.250. The minimum atomic E-state index is -0.102. The highest BCUT2D eigenvalue weighted by molar-refractivity contribution is 6.07. The number of nitrogens with one attached hydrogen (secondary N) is 2. The molecule has 29 heavy (non-hydrogen) atoms. The van der Waals surface area contributed by atoms with Gasteiger partial charge < -0.3 is 14.9 Å². The van der Waals surface area contributed by atoms with Crippen LogP contribution in [0, 0.1) is 20.8 Å². The molecule has 0 spiro atoms. The summed E-state index contributed by atoms with van der Waals surface area (Å²) in [5.41, 5.74) is 6.76. The quantitative estimate of drug-likeness (QED) is 0.468. The number of aromatic amines is 1. The molecule has 2 aromatic carbocycles. The van der Waals surface area contributed by atoms with E-state index in [-0.39, 0.29) is 5.91 Å². The van der Waals surface area contributed by atoms with E-state index < -0.39 is 0 Å². The number of hydrogen-bond acceptors (Lipinski definition) is 2. The Labute approximate surface area is 170 Å². The number of benzene rings is 2. The van der Waals surface area contributed by atoms with Crippen molar-refractivity contribution < 1.29 is 4.79 Å². The maximum absolute atomic E-state index is 13.1. The molecule has 148 valence electrons. The second kappa shape index (κ2) is 7.59. The molecule has 0 aliphatic heterocycles. The lowest BCUT2D eigenvalue weighted by Crippen LogP contribution is -2.17. The van der Waals surface area contributed by atoms with Gasteiger partial charge in [-0.1, -0.05) is 37.3 Å². The number of aromatic nitrogens is 3. The summed E-state index contributed by atoms with van der Waals surface area (Å²) in [6.07, 6.45) is 0.974. The molecule has 0 aliphatic rings. The number of aryl methyl sites for hydroxylation is 1. The molecular weight excluding hydrogens is 360 g/mol. The van der Waals surface area contributed by atoms with Gasteiger partial charge in [-0.25, -0.2) is 4.98 Å². The van der Waals surface area contributed by atoms with E-state index in [1.54, 1.807) is 0 Å². The van der Waals surface area contributed by atoms with Gasteiger partial charge in [-0.3, -0.25) is 4.79 Å². The third-order valence-corrected chi connectivity index (χ3v) is 5.52. The van der Waals surface area contributed by atoms with Crippen LogP contribution in [-0.2, 0) is 6.54 Å². The van der Waals surface area contributed by atoms with Gasteiger partial charge in [-0.15, -0.1) is 0 Å². The predicted octanol–water partition coefficient (Wildman–Crippen LogP) is 5.62. The van der Waals surface area contributed by atoms with Crippen LogP contribution in [0.1, 0.15) is 40.5 Å². The molecule has 4 rings (SSSR count). The Bertz CT molecular complexity index is 1170. The normalized spacial score (nSPS) is 11.2. The molecule has 0 atom stereocenters. The first-order valence-corrected chi connectivity index (χ1v) is 10.0. The van der Waals surface area contributed by atoms with Crippen molar-refractivity contribution in [3.8, 4) is 11.4 Å². The van der Waals surface area contributed by atoms with E-state index in [1.807, 2.05) is 55.5 Å². The number of hydrogen-bond donors (Lipinski definition) is 2. The number of nitrogens with zero attached hydrogens (tertiary/aromatic N) is 2. The maximum Gasteiger partial charge on any atom is 0.257 e. The topological polar surface area (TPSA) is 62.7 Å². The molecule has 0 aliphatic carbocycles. The maximum atomic E-state index is 13.1. The highest BCUT2D eigenvalue weighted by Gasteiger charge is 2.23. The molecule has 0 unspecified atom stereocenters. The first-order chi connectivity index (χ1) is 14.0. The number of anilines is 1. The van der Waals surface area contributed by atoms with Crippen LogP contribution in [-0.4, -0.2) is 20.4 Å². The SMILES string of the molecule is CCCn1c(C)c(C)c(-c2nc3ccccc3[nH]2)c1NC(=O)c1ccccc1C. The van der Waals surface area contributed by atoms with Crippen LogP contribution in [0.3, 0.4) is 0 Å². The number of H-pyrrole nitrogens is 1. The fourth-order valence-corrected chi connectivity index (χ4v) is 3.86. The van der Waals surface area contributed by atoms with E-state index in [2.05, 4.69) is 35.6 Å². The molecule has 0 radical (unpaired) electrons. The van der Waals surface area contributed by atoms with Crippen LogP contribution in [0.15, 0.2) is 48.5 Å². The lowest BCUT2D eigenvalue weighted by atomic mass is 10.1. The Kier molecular flexibility index (Phi) is 4.97. The number of rotatable bonds is 5. The number of amides is 1. The average Bonchev–Trinajstić information content (AvgIpc) is 3.23. The number of fused-ring (bicyclic) bond motifs is 1. The summed E-state index contributed by atoms with van der Waals surface area (Å²) >= 11 is 0. The minimum absolute atomic E-state index is 0.102. The molecule has 4 aromatic rings. The van der Waals surface area contributed by atoms with Crippen LogP contribution < -0.4 is 5.32 Å². The van der Waals surface area contributed by atoms with Gasteiger partial charge in [0, 0.05) is 17.8 Å². The summed E-state index contributed by atoms with van der Waals surface area (Å²) in [4.78, 5) is 21.3. The second-order valence-electron chi connectivity index (χ2n) is 7.46. The van der Waals surface area contributed by atoms with Crippen molar-refractivity contribution in [1.29, 1.82) is 0 Å². The average molecular weight is 386 g/mol. The monoisotopic (exact) mass is 386 g/mol. The number of carbonyl (C=O) groups is 1. The van der Waals surface area contributed by atoms with E-state index >= 15 is 0 Å². The lowest BCUT2D eigenvalue weighted by Gasteiger charge is -2.14. The van der Waals surface area contributed by atoms with E-state index in [0.717, 1.165) is 58.0 Å². The molecule has 2 heterocycles. The molecule has 0 saturated heterocycles. The number of para-hydroxylation sites is 2. The van der Waals surface area contributed by atoms with Crippen LogP contribution in [0.4, 0.5) is 5.82 Å². The Morgan fingerprint density at radius 2 is 1.79 bits per heavy atom. The predicted molar refractivity (Wildman–Crippen MR) is 118 cm³/mol. The smallest absolute Gasteiger partial charge is 0.257 e. The third-order valence-electron chi connectivity index (χ3n) is 5.52. The standard InChI is InChI=1S/C24H26N4O/c1-5-14-28-17(4)16(3)21(22-25-19-12-8-9-13-20(19)26-22)23(28)27-24(29)18-11-7-6-10-15(18)2/h6-13H,5,14H2,1-4H3,(H,25,26)(H,27,29). The summed E-state index contributed by atoms with van der Waals surface area (Å²) in [7, 11) is 0. The molecular formula is C24H26N4O. The molecule has 0 fully saturated rings. The zero-order valence-electron chi connectivity index (χ0n) is 17.3. The summed E-state index contributed by atoms with van der Waals surface area (Å²) in [6, 6.07) is 15.6. The molecule has 5 nitrogen and oxygen atoms in total. The minimum Gasteiger partial charge on any atom is -0.338 e. The van der Waals surface area contributed by atoms with Crippen molar-refractivity contribution in [1.82, 2.24) is 14.5 Å². The molecule has 2 N–H and O–H groups in total. The van der Waals surface area contributed by atoms with Gasteiger partial charge in [-0.05, 0) is 56.5 Å². The van der Waals surface area contributed by atoms with E-state index in [1.165, 1.54) is 0 Å². The summed E-state index contributed by atoms with van der Waals surface area (Å²) in [5, 5.41) is 3.19. The van der Waals surface area contributed by atoms with Crippen molar-refractivity contribution in [3.05, 3.63) is 70.9 Å². The van der Waals surface area contributed by atoms with Crippen molar-refractivity contribution >= 4 is 22.8 Å². The van der Waals surface area contributed by atoms with E-state index in [0.29, 0.717) is 5.56 Å². The molecule has 1 amide bonds. The zero-order valence-corrected chi connectivity index (χ0v) is 17.3. The van der Waals surface area contributed by atoms with Crippen molar-refractivity contribution in [2.24, 2.45) is 0 Å². The third kappa shape index (κ3) is 3.33. The van der Waals surface area contributed by atoms with Gasteiger partial charge in [0.2, 0.25) is 0 Å². The molecule has 0 saturated carbocycles. The van der Waals surface area contributed by atoms with Gasteiger partial charge in [0.1, 0.15) is 11.6 Å². The van der Waals surface area contributed by atoms with Crippen molar-refractivity contribution in [2.45, 2.75) is 40.7 Å². The van der Waals surface area contributed by atoms with E-state index in [4.69, 9.17) is 4.98 Å². The van der Waals surface area contributed by atoms with Gasteiger partial charge in [-0.2, -0.15) is 0 Å². The van der Waals surface area contributed by atoms with Crippen LogP contribution in [0.2, 0.25) is 0 Å². The van der Waals surface area contributed by atoms with Gasteiger partial charge in [0.25, 0.3) is 5.91 Å². The Hall–Kier alpha value is -3.34. The molecule has 0 bridgehead atoms. The number of carbonyl (C=O) groups excluding carboxylic acids is 1. The summed E-state index contributed by atoms with van der Waals surface area (Å²) in [5.74, 6) is 1.48. The van der Waals surface area contributed by atoms with Gasteiger partial charge in [0.05, 0.1) is 16.6 Å². The highest BCUT2D eigenvalue weighted by Crippen LogP contribution is 2.36. The van der Waals surface area contributed by atoms with Gasteiger partial charge in [0.15, 0.2) is 0 Å². The number of imidazole rings is 1. The van der Waals surface area contributed by atoms with Crippen LogP contribution in [0.5, 0.6) is 0 Å². The zero-order chi connectivity index (χ0) is 20.5. The fourth-order valence-electron chi connectivity index (χ4n) is 3.86. The Balaban J connectivity index is 1.86. The highest BCUT2D eigenvalue weighted by atomic mass is 16.1. The first-order valence-electron chi connectivity index (χ1n) is 10.0. The first kappa shape index (κ1) is 19.0. The lowest BCUT2D eigenvalue weighted by molar-refractivity contribution is 0.102. The van der Waals surface area contributed by atoms with Crippen LogP contribution in [0.25, 0.3) is 22.4 Å². The largest absolute Gasteiger partial charge is 0.338 e. The second-order valence-corrected chi connectivity index (χ2v) is 7.46. The Morgan fingerprint density at radius 3 is 2.52 bits per heavy atom. The van der Waals surface area contributed by atoms with E-state index in [9.17, 15) is 4.79 Å². The van der Waals surface area contributed by atoms with Crippen molar-refractivity contribution in [3.63, 3.8) is 0 Å². The molecule has 2 aromatic heterocycles.